The lowest BCUT2D eigenvalue weighted by Crippen LogP contribution is -2.29. The summed E-state index contributed by atoms with van der Waals surface area (Å²) in [5, 5.41) is 6.21. The molecule has 0 unspecified atom stereocenters. The van der Waals surface area contributed by atoms with Gasteiger partial charge in [-0.3, -0.25) is 0 Å². The number of carbonyl (C=O) groups is 1. The quantitative estimate of drug-likeness (QED) is 0.891. The molecule has 126 valence electrons. The minimum atomic E-state index is -0.281. The molecule has 0 saturated carbocycles. The van der Waals surface area contributed by atoms with Crippen LogP contribution in [-0.2, 0) is 6.54 Å². The highest BCUT2D eigenvalue weighted by molar-refractivity contribution is 6.30. The normalized spacial score (nSPS) is 13.8. The minimum absolute atomic E-state index is 0.281. The van der Waals surface area contributed by atoms with E-state index in [4.69, 9.17) is 11.6 Å². The Morgan fingerprint density at radius 2 is 1.92 bits per heavy atom. The van der Waals surface area contributed by atoms with E-state index in [-0.39, 0.29) is 6.03 Å². The summed E-state index contributed by atoms with van der Waals surface area (Å²) < 4.78 is 0. The predicted molar refractivity (Wildman–Crippen MR) is 95.5 cm³/mol. The summed E-state index contributed by atoms with van der Waals surface area (Å²) in [5.41, 5.74) is 2.39. The number of benzene rings is 1. The molecule has 2 aromatic rings. The molecule has 1 fully saturated rings. The molecule has 0 spiro atoms. The van der Waals surface area contributed by atoms with Gasteiger partial charge in [-0.25, -0.2) is 14.8 Å². The minimum Gasteiger partial charge on any atom is -0.341 e. The van der Waals surface area contributed by atoms with Crippen LogP contribution in [0.15, 0.2) is 30.3 Å². The first-order chi connectivity index (χ1) is 11.6. The van der Waals surface area contributed by atoms with Crippen LogP contribution in [0.4, 0.5) is 16.4 Å². The maximum Gasteiger partial charge on any atom is 0.319 e. The maximum absolute atomic E-state index is 12.0. The number of nitrogens with one attached hydrogen (secondary N) is 2. The zero-order valence-corrected chi connectivity index (χ0v) is 14.3. The summed E-state index contributed by atoms with van der Waals surface area (Å²) in [4.78, 5) is 23.2. The lowest BCUT2D eigenvalue weighted by atomic mass is 10.3. The molecule has 6 nitrogen and oxygen atoms in total. The highest BCUT2D eigenvalue weighted by Gasteiger charge is 2.16. The largest absolute Gasteiger partial charge is 0.341 e. The highest BCUT2D eigenvalue weighted by atomic mass is 35.5. The molecule has 1 aromatic heterocycles. The van der Waals surface area contributed by atoms with E-state index in [1.807, 2.05) is 13.0 Å². The topological polar surface area (TPSA) is 70.2 Å². The molecule has 0 aliphatic carbocycles. The third-order valence-corrected chi connectivity index (χ3v) is 4.07. The molecule has 2 heterocycles. The fourth-order valence-corrected chi connectivity index (χ4v) is 2.77. The van der Waals surface area contributed by atoms with E-state index < -0.39 is 0 Å². The van der Waals surface area contributed by atoms with Crippen molar-refractivity contribution < 1.29 is 4.79 Å². The summed E-state index contributed by atoms with van der Waals surface area (Å²) >= 11 is 5.83. The van der Waals surface area contributed by atoms with Gasteiger partial charge in [0.05, 0.1) is 12.2 Å². The molecule has 3 rings (SSSR count). The van der Waals surface area contributed by atoms with Crippen molar-refractivity contribution in [1.29, 1.82) is 0 Å². The molecule has 2 amide bonds. The molecule has 0 atom stereocenters. The first-order valence-corrected chi connectivity index (χ1v) is 8.38. The molecule has 1 saturated heterocycles. The van der Waals surface area contributed by atoms with Crippen molar-refractivity contribution in [2.24, 2.45) is 0 Å². The van der Waals surface area contributed by atoms with Gasteiger partial charge in [-0.1, -0.05) is 11.6 Å². The number of amides is 2. The zero-order valence-electron chi connectivity index (χ0n) is 13.6. The van der Waals surface area contributed by atoms with Gasteiger partial charge in [-0.2, -0.15) is 0 Å². The Morgan fingerprint density at radius 1 is 1.21 bits per heavy atom. The fourth-order valence-electron chi connectivity index (χ4n) is 2.65. The summed E-state index contributed by atoms with van der Waals surface area (Å²) in [6.07, 6.45) is 2.35. The Balaban J connectivity index is 1.59. The van der Waals surface area contributed by atoms with Gasteiger partial charge in [0, 0.05) is 29.5 Å². The van der Waals surface area contributed by atoms with Gasteiger partial charge >= 0.3 is 6.03 Å². The number of hydrogen-bond acceptors (Lipinski definition) is 4. The number of halogens is 1. The van der Waals surface area contributed by atoms with Gasteiger partial charge in [0.15, 0.2) is 0 Å². The molecule has 24 heavy (non-hydrogen) atoms. The van der Waals surface area contributed by atoms with Crippen molar-refractivity contribution in [2.45, 2.75) is 26.3 Å². The predicted octanol–water partition coefficient (Wildman–Crippen LogP) is 3.36. The van der Waals surface area contributed by atoms with E-state index >= 15 is 0 Å². The second kappa shape index (κ2) is 7.49. The first kappa shape index (κ1) is 16.5. The smallest absolute Gasteiger partial charge is 0.319 e. The number of nitrogens with zero attached hydrogens (tertiary/aromatic N) is 3. The third-order valence-electron chi connectivity index (χ3n) is 3.82. The number of urea groups is 1. The van der Waals surface area contributed by atoms with Crippen LogP contribution in [0.1, 0.15) is 24.2 Å². The summed E-state index contributed by atoms with van der Waals surface area (Å²) in [7, 11) is 0. The SMILES string of the molecule is Cc1cc(CNC(=O)Nc2ccc(Cl)cc2)nc(N2CCCC2)n1. The summed E-state index contributed by atoms with van der Waals surface area (Å²) in [6.45, 7) is 4.28. The van der Waals surface area contributed by atoms with E-state index in [2.05, 4.69) is 25.5 Å². The Kier molecular flexibility index (Phi) is 5.15. The molecule has 1 aliphatic heterocycles. The van der Waals surface area contributed by atoms with Gasteiger partial charge < -0.3 is 15.5 Å². The summed E-state index contributed by atoms with van der Waals surface area (Å²) in [6, 6.07) is 8.57. The van der Waals surface area contributed by atoms with Crippen molar-refractivity contribution >= 4 is 29.3 Å². The molecular weight excluding hydrogens is 326 g/mol. The summed E-state index contributed by atoms with van der Waals surface area (Å²) in [5.74, 6) is 0.752. The molecule has 0 radical (unpaired) electrons. The molecule has 1 aliphatic rings. The van der Waals surface area contributed by atoms with Crippen molar-refractivity contribution in [1.82, 2.24) is 15.3 Å². The van der Waals surface area contributed by atoms with Gasteiger partial charge in [0.1, 0.15) is 0 Å². The van der Waals surface area contributed by atoms with Crippen molar-refractivity contribution in [3.63, 3.8) is 0 Å². The second-order valence-electron chi connectivity index (χ2n) is 5.81. The number of hydrogen-bond donors (Lipinski definition) is 2. The van der Waals surface area contributed by atoms with Gasteiger partial charge in [-0.15, -0.1) is 0 Å². The highest BCUT2D eigenvalue weighted by Crippen LogP contribution is 2.17. The van der Waals surface area contributed by atoms with E-state index in [0.717, 1.165) is 30.4 Å². The Labute approximate surface area is 146 Å². The maximum atomic E-state index is 12.0. The molecule has 2 N–H and O–H groups in total. The lowest BCUT2D eigenvalue weighted by Gasteiger charge is -2.16. The number of aromatic nitrogens is 2. The number of anilines is 2. The van der Waals surface area contributed by atoms with Crippen molar-refractivity contribution in [2.75, 3.05) is 23.3 Å². The monoisotopic (exact) mass is 345 g/mol. The van der Waals surface area contributed by atoms with E-state index in [1.54, 1.807) is 24.3 Å². The van der Waals surface area contributed by atoms with Crippen LogP contribution in [0.2, 0.25) is 5.02 Å². The molecule has 0 bridgehead atoms. The average molecular weight is 346 g/mol. The van der Waals surface area contributed by atoms with E-state index in [1.165, 1.54) is 12.8 Å². The van der Waals surface area contributed by atoms with Crippen LogP contribution in [0.5, 0.6) is 0 Å². The Morgan fingerprint density at radius 3 is 2.62 bits per heavy atom. The zero-order chi connectivity index (χ0) is 16.9. The second-order valence-corrected chi connectivity index (χ2v) is 6.25. The van der Waals surface area contributed by atoms with E-state index in [9.17, 15) is 4.79 Å². The Bertz CT molecular complexity index is 713. The van der Waals surface area contributed by atoms with Crippen LogP contribution in [-0.4, -0.2) is 29.1 Å². The number of aryl methyl sites for hydroxylation is 1. The lowest BCUT2D eigenvalue weighted by molar-refractivity contribution is 0.251. The number of rotatable bonds is 4. The van der Waals surface area contributed by atoms with Crippen LogP contribution in [0, 0.1) is 6.92 Å². The Hall–Kier alpha value is -2.34. The fraction of sp³-hybridized carbons (Fsp3) is 0.353. The van der Waals surface area contributed by atoms with Gasteiger partial charge in [0.2, 0.25) is 5.95 Å². The average Bonchev–Trinajstić information content (AvgIpc) is 3.09. The van der Waals surface area contributed by atoms with Crippen LogP contribution in [0.3, 0.4) is 0 Å². The van der Waals surface area contributed by atoms with Gasteiger partial charge in [-0.05, 0) is 50.1 Å². The molecule has 1 aromatic carbocycles. The molecular formula is C17H20ClN5O. The van der Waals surface area contributed by atoms with Crippen LogP contribution < -0.4 is 15.5 Å². The van der Waals surface area contributed by atoms with Gasteiger partial charge in [0.25, 0.3) is 0 Å². The first-order valence-electron chi connectivity index (χ1n) is 8.00. The third kappa shape index (κ3) is 4.35. The van der Waals surface area contributed by atoms with Crippen molar-refractivity contribution in [3.8, 4) is 0 Å². The van der Waals surface area contributed by atoms with Crippen LogP contribution >= 0.6 is 11.6 Å². The van der Waals surface area contributed by atoms with E-state index in [0.29, 0.717) is 17.3 Å². The van der Waals surface area contributed by atoms with Crippen LogP contribution in [0.25, 0.3) is 0 Å². The molecule has 7 heteroatoms. The number of carbonyl (C=O) groups excluding carboxylic acids is 1. The van der Waals surface area contributed by atoms with Crippen molar-refractivity contribution in [3.05, 3.63) is 46.7 Å². The standard InChI is InChI=1S/C17H20ClN5O/c1-12-10-15(21-16(20-12)23-8-2-3-9-23)11-19-17(24)22-14-6-4-13(18)5-7-14/h4-7,10H,2-3,8-9,11H2,1H3,(H2,19,22,24).